The van der Waals surface area contributed by atoms with Crippen molar-refractivity contribution in [3.8, 4) is 0 Å². The maximum Gasteiger partial charge on any atom is 0.328 e. The van der Waals surface area contributed by atoms with Crippen LogP contribution in [0, 0.1) is 0 Å². The molecule has 2 aliphatic rings. The highest BCUT2D eigenvalue weighted by atomic mass is 32.2. The number of hydrogen-bond acceptors (Lipinski definition) is 5. The molecule has 2 aliphatic heterocycles. The first-order chi connectivity index (χ1) is 12.0. The van der Waals surface area contributed by atoms with Gasteiger partial charge < -0.3 is 15.1 Å². The van der Waals surface area contributed by atoms with E-state index in [-0.39, 0.29) is 0 Å². The fourth-order valence-corrected chi connectivity index (χ4v) is 3.72. The van der Waals surface area contributed by atoms with Crippen molar-refractivity contribution in [3.63, 3.8) is 0 Å². The molecule has 2 unspecified atom stereocenters. The van der Waals surface area contributed by atoms with E-state index < -0.39 is 11.9 Å². The molecule has 1 saturated heterocycles. The van der Waals surface area contributed by atoms with Gasteiger partial charge in [0.1, 0.15) is 5.84 Å². The van der Waals surface area contributed by atoms with Gasteiger partial charge in [0.25, 0.3) is 0 Å². The first-order valence-corrected chi connectivity index (χ1v) is 9.34. The van der Waals surface area contributed by atoms with E-state index in [1.165, 1.54) is 30.8 Å². The van der Waals surface area contributed by atoms with Crippen molar-refractivity contribution in [1.82, 2.24) is 4.90 Å². The van der Waals surface area contributed by atoms with Crippen LogP contribution in [0.25, 0.3) is 0 Å². The molecule has 2 atom stereocenters. The van der Waals surface area contributed by atoms with Gasteiger partial charge in [0, 0.05) is 25.2 Å². The summed E-state index contributed by atoms with van der Waals surface area (Å²) in [5.74, 6) is -1.17. The summed E-state index contributed by atoms with van der Waals surface area (Å²) in [6.07, 6.45) is 5.92. The molecule has 7 heteroatoms. The van der Waals surface area contributed by atoms with Crippen LogP contribution >= 0.6 is 11.8 Å². The van der Waals surface area contributed by atoms with Crippen LogP contribution < -0.4 is 0 Å². The quantitative estimate of drug-likeness (QED) is 0.801. The molecule has 134 valence electrons. The third kappa shape index (κ3) is 5.63. The van der Waals surface area contributed by atoms with E-state index in [4.69, 9.17) is 15.2 Å². The lowest BCUT2D eigenvalue weighted by Gasteiger charge is -2.30. The molecule has 2 N–H and O–H groups in total. The van der Waals surface area contributed by atoms with Crippen LogP contribution in [-0.4, -0.2) is 57.5 Å². The summed E-state index contributed by atoms with van der Waals surface area (Å²) in [5.41, 5.74) is 1.36. The SMILES string of the molecule is CSC1CCCN2CC(c3ccccc3)N=C12.O=C(O)/C=C/C(=O)O. The van der Waals surface area contributed by atoms with Crippen molar-refractivity contribution in [2.24, 2.45) is 4.99 Å². The van der Waals surface area contributed by atoms with E-state index in [1.54, 1.807) is 0 Å². The number of piperidine rings is 1. The van der Waals surface area contributed by atoms with E-state index in [0.717, 1.165) is 6.54 Å². The smallest absolute Gasteiger partial charge is 0.328 e. The molecular formula is C18H22N2O4S. The summed E-state index contributed by atoms with van der Waals surface area (Å²) in [5, 5.41) is 16.2. The highest BCUT2D eigenvalue weighted by Crippen LogP contribution is 2.32. The predicted octanol–water partition coefficient (Wildman–Crippen LogP) is 2.68. The zero-order valence-corrected chi connectivity index (χ0v) is 14.9. The molecular weight excluding hydrogens is 340 g/mol. The number of aliphatic carboxylic acids is 2. The van der Waals surface area contributed by atoms with Gasteiger partial charge in [-0.3, -0.25) is 4.99 Å². The molecule has 0 radical (unpaired) electrons. The van der Waals surface area contributed by atoms with Crippen LogP contribution in [0.1, 0.15) is 24.4 Å². The minimum absolute atomic E-state index is 0.360. The Morgan fingerprint density at radius 1 is 1.20 bits per heavy atom. The Labute approximate surface area is 151 Å². The van der Waals surface area contributed by atoms with Gasteiger partial charge in [-0.25, -0.2) is 9.59 Å². The van der Waals surface area contributed by atoms with Crippen molar-refractivity contribution in [1.29, 1.82) is 0 Å². The molecule has 25 heavy (non-hydrogen) atoms. The summed E-state index contributed by atoms with van der Waals surface area (Å²) in [6, 6.07) is 11.0. The van der Waals surface area contributed by atoms with Crippen LogP contribution in [0.15, 0.2) is 47.5 Å². The Balaban J connectivity index is 0.000000242. The number of carbonyl (C=O) groups is 2. The van der Waals surface area contributed by atoms with E-state index >= 15 is 0 Å². The lowest BCUT2D eigenvalue weighted by atomic mass is 10.1. The molecule has 1 aromatic carbocycles. The number of benzene rings is 1. The van der Waals surface area contributed by atoms with Gasteiger partial charge in [-0.05, 0) is 24.7 Å². The molecule has 0 saturated carbocycles. The summed E-state index contributed by atoms with van der Waals surface area (Å²) in [6.45, 7) is 2.27. The standard InChI is InChI=1S/C14H18N2S.C4H4O4/c1-17-13-8-5-9-16-10-12(15-14(13)16)11-6-3-2-4-7-11;5-3(6)1-2-4(7)8/h2-4,6-7,12-13H,5,8-10H2,1H3;1-2H,(H,5,6)(H,7,8)/b;2-1+. The van der Waals surface area contributed by atoms with Gasteiger partial charge in [-0.15, -0.1) is 0 Å². The number of rotatable bonds is 4. The molecule has 2 heterocycles. The number of amidine groups is 1. The van der Waals surface area contributed by atoms with Crippen LogP contribution in [0.5, 0.6) is 0 Å². The Morgan fingerprint density at radius 3 is 2.40 bits per heavy atom. The molecule has 0 amide bonds. The summed E-state index contributed by atoms with van der Waals surface area (Å²) in [7, 11) is 0. The van der Waals surface area contributed by atoms with Gasteiger partial charge in [0.05, 0.1) is 11.3 Å². The van der Waals surface area contributed by atoms with Crippen molar-refractivity contribution < 1.29 is 19.8 Å². The van der Waals surface area contributed by atoms with E-state index in [0.29, 0.717) is 23.4 Å². The zero-order chi connectivity index (χ0) is 18.2. The maximum atomic E-state index is 9.55. The van der Waals surface area contributed by atoms with Gasteiger partial charge in [-0.1, -0.05) is 30.3 Å². The summed E-state index contributed by atoms with van der Waals surface area (Å²) < 4.78 is 0. The number of carboxylic acids is 2. The largest absolute Gasteiger partial charge is 0.478 e. The van der Waals surface area contributed by atoms with Crippen LogP contribution in [0.2, 0.25) is 0 Å². The Bertz CT molecular complexity index is 644. The van der Waals surface area contributed by atoms with Gasteiger partial charge in [-0.2, -0.15) is 11.8 Å². The summed E-state index contributed by atoms with van der Waals surface area (Å²) >= 11 is 1.95. The maximum absolute atomic E-state index is 9.55. The van der Waals surface area contributed by atoms with Crippen LogP contribution in [-0.2, 0) is 9.59 Å². The first kappa shape index (κ1) is 19.1. The first-order valence-electron chi connectivity index (χ1n) is 8.05. The molecule has 3 rings (SSSR count). The van der Waals surface area contributed by atoms with Crippen LogP contribution in [0.3, 0.4) is 0 Å². The third-order valence-corrected chi connectivity index (χ3v) is 5.04. The fraction of sp³-hybridized carbons (Fsp3) is 0.389. The number of nitrogens with zero attached hydrogens (tertiary/aromatic N) is 2. The van der Waals surface area contributed by atoms with Crippen molar-refractivity contribution in [2.45, 2.75) is 24.1 Å². The number of hydrogen-bond donors (Lipinski definition) is 2. The highest BCUT2D eigenvalue weighted by Gasteiger charge is 2.33. The average molecular weight is 362 g/mol. The third-order valence-electron chi connectivity index (χ3n) is 4.03. The second kappa shape index (κ2) is 9.27. The molecule has 0 spiro atoms. The van der Waals surface area contributed by atoms with Crippen molar-refractivity contribution in [3.05, 3.63) is 48.0 Å². The fourth-order valence-electron chi connectivity index (χ4n) is 2.89. The number of carboxylic acid groups (broad SMARTS) is 2. The number of aliphatic imine (C=N–C) groups is 1. The molecule has 0 aromatic heterocycles. The predicted molar refractivity (Wildman–Crippen MR) is 99.1 cm³/mol. The highest BCUT2D eigenvalue weighted by molar-refractivity contribution is 7.99. The van der Waals surface area contributed by atoms with Gasteiger partial charge in [0.15, 0.2) is 0 Å². The zero-order valence-electron chi connectivity index (χ0n) is 14.0. The topological polar surface area (TPSA) is 90.2 Å². The Morgan fingerprint density at radius 2 is 1.84 bits per heavy atom. The minimum atomic E-state index is -1.26. The molecule has 0 bridgehead atoms. The van der Waals surface area contributed by atoms with Gasteiger partial charge in [0.2, 0.25) is 0 Å². The molecule has 0 aliphatic carbocycles. The summed E-state index contributed by atoms with van der Waals surface area (Å²) in [4.78, 5) is 26.5. The van der Waals surface area contributed by atoms with Crippen molar-refractivity contribution in [2.75, 3.05) is 19.3 Å². The monoisotopic (exact) mass is 362 g/mol. The van der Waals surface area contributed by atoms with E-state index in [2.05, 4.69) is 41.5 Å². The molecule has 6 nitrogen and oxygen atoms in total. The normalized spacial score (nSPS) is 22.0. The minimum Gasteiger partial charge on any atom is -0.478 e. The average Bonchev–Trinajstić information content (AvgIpc) is 3.05. The Kier molecular flexibility index (Phi) is 7.06. The lowest BCUT2D eigenvalue weighted by Crippen LogP contribution is -2.40. The van der Waals surface area contributed by atoms with Crippen molar-refractivity contribution >= 4 is 29.5 Å². The molecule has 1 aromatic rings. The second-order valence-corrected chi connectivity index (χ2v) is 6.78. The van der Waals surface area contributed by atoms with Crippen LogP contribution in [0.4, 0.5) is 0 Å². The van der Waals surface area contributed by atoms with Gasteiger partial charge >= 0.3 is 11.9 Å². The molecule has 1 fully saturated rings. The van der Waals surface area contributed by atoms with E-state index in [1.807, 2.05) is 11.8 Å². The van der Waals surface area contributed by atoms with E-state index in [9.17, 15) is 9.59 Å². The lowest BCUT2D eigenvalue weighted by molar-refractivity contribution is -0.134. The Hall–Kier alpha value is -2.28. The number of thioether (sulfide) groups is 1. The second-order valence-electron chi connectivity index (χ2n) is 5.74. The number of fused-ring (bicyclic) bond motifs is 1.